The van der Waals surface area contributed by atoms with Crippen LogP contribution < -0.4 is 10.6 Å². The van der Waals surface area contributed by atoms with Gasteiger partial charge in [0.25, 0.3) is 0 Å². The number of nitrogens with zero attached hydrogens (tertiary/aromatic N) is 3. The average Bonchev–Trinajstić information content (AvgIpc) is 3.35. The predicted octanol–water partition coefficient (Wildman–Crippen LogP) is 9.33. The summed E-state index contributed by atoms with van der Waals surface area (Å²) in [5, 5.41) is 7.86. The highest BCUT2D eigenvalue weighted by atomic mass is 16.1. The molecule has 0 radical (unpaired) electrons. The van der Waals surface area contributed by atoms with Gasteiger partial charge in [0.15, 0.2) is 5.82 Å². The van der Waals surface area contributed by atoms with Crippen LogP contribution in [0.5, 0.6) is 0 Å². The first-order valence-corrected chi connectivity index (χ1v) is 16.7. The fourth-order valence-corrected chi connectivity index (χ4v) is 5.67. The fraction of sp³-hybridized carbons (Fsp3) is 0.541. The van der Waals surface area contributed by atoms with Crippen LogP contribution in [0.3, 0.4) is 0 Å². The molecule has 0 aliphatic rings. The number of aromatic nitrogens is 3. The van der Waals surface area contributed by atoms with Crippen molar-refractivity contribution in [3.05, 3.63) is 65.5 Å². The number of para-hydroxylation sites is 1. The Kier molecular flexibility index (Phi) is 12.0. The Labute approximate surface area is 259 Å². The average molecular weight is 584 g/mol. The van der Waals surface area contributed by atoms with Gasteiger partial charge < -0.3 is 15.2 Å². The molecule has 4 aromatic rings. The van der Waals surface area contributed by atoms with Gasteiger partial charge in [0.2, 0.25) is 5.91 Å². The molecule has 1 amide bonds. The number of hydrogen-bond donors (Lipinski definition) is 2. The molecule has 2 aromatic heterocycles. The SMILES string of the molecule is CCCCCCCCCCC(=O)NCc1ccc(Cn2c(CCCC)nc3c(NC(C)(C)C)nc4ccccc4c32)cc1. The molecule has 0 saturated heterocycles. The molecule has 6 nitrogen and oxygen atoms in total. The summed E-state index contributed by atoms with van der Waals surface area (Å²) in [7, 11) is 0. The van der Waals surface area contributed by atoms with Crippen LogP contribution in [0, 0.1) is 0 Å². The van der Waals surface area contributed by atoms with Crippen LogP contribution in [0.4, 0.5) is 5.82 Å². The fourth-order valence-electron chi connectivity index (χ4n) is 5.67. The topological polar surface area (TPSA) is 71.8 Å². The molecule has 0 aliphatic carbocycles. The van der Waals surface area contributed by atoms with Crippen LogP contribution in [-0.4, -0.2) is 26.0 Å². The molecule has 0 spiro atoms. The van der Waals surface area contributed by atoms with Gasteiger partial charge in [-0.15, -0.1) is 0 Å². The van der Waals surface area contributed by atoms with E-state index in [1.165, 1.54) is 44.1 Å². The molecule has 0 saturated carbocycles. The van der Waals surface area contributed by atoms with E-state index in [4.69, 9.17) is 9.97 Å². The van der Waals surface area contributed by atoms with Crippen LogP contribution >= 0.6 is 0 Å². The lowest BCUT2D eigenvalue weighted by Gasteiger charge is -2.22. The third kappa shape index (κ3) is 9.54. The first kappa shape index (κ1) is 32.5. The molecule has 4 rings (SSSR count). The van der Waals surface area contributed by atoms with Crippen molar-refractivity contribution in [2.45, 2.75) is 130 Å². The molecule has 232 valence electrons. The molecule has 0 fully saturated rings. The Hall–Kier alpha value is -3.41. The van der Waals surface area contributed by atoms with Crippen molar-refractivity contribution in [3.8, 4) is 0 Å². The second-order valence-corrected chi connectivity index (χ2v) is 13.1. The summed E-state index contributed by atoms with van der Waals surface area (Å²) >= 11 is 0. The van der Waals surface area contributed by atoms with E-state index in [1.54, 1.807) is 0 Å². The number of hydrogen-bond acceptors (Lipinski definition) is 4. The van der Waals surface area contributed by atoms with Crippen molar-refractivity contribution in [1.82, 2.24) is 19.9 Å². The number of imidazole rings is 1. The number of anilines is 1. The van der Waals surface area contributed by atoms with Crippen molar-refractivity contribution in [2.24, 2.45) is 0 Å². The quantitative estimate of drug-likeness (QED) is 0.122. The smallest absolute Gasteiger partial charge is 0.220 e. The van der Waals surface area contributed by atoms with Gasteiger partial charge in [-0.1, -0.05) is 108 Å². The summed E-state index contributed by atoms with van der Waals surface area (Å²) in [6.07, 6.45) is 13.7. The van der Waals surface area contributed by atoms with Crippen molar-refractivity contribution in [3.63, 3.8) is 0 Å². The number of fused-ring (bicyclic) bond motifs is 3. The van der Waals surface area contributed by atoms with E-state index >= 15 is 0 Å². The zero-order chi connectivity index (χ0) is 30.7. The lowest BCUT2D eigenvalue weighted by molar-refractivity contribution is -0.121. The Morgan fingerprint density at radius 3 is 2.14 bits per heavy atom. The standard InChI is InChI=1S/C37H53N5O/c1-6-8-10-11-12-13-14-15-21-33(43)38-26-28-22-24-29(25-23-28)27-42-32(20-9-7-2)40-34-35(42)30-18-16-17-19-31(30)39-36(34)41-37(3,4)5/h16-19,22-25H,6-15,20-21,26-27H2,1-5H3,(H,38,43)(H,39,41). The van der Waals surface area contributed by atoms with Gasteiger partial charge in [-0.3, -0.25) is 4.79 Å². The number of carbonyl (C=O) groups is 1. The minimum absolute atomic E-state index is 0.130. The van der Waals surface area contributed by atoms with E-state index in [-0.39, 0.29) is 11.4 Å². The molecule has 0 aliphatic heterocycles. The van der Waals surface area contributed by atoms with Gasteiger partial charge in [0.05, 0.1) is 11.0 Å². The molecular formula is C37H53N5O. The normalized spacial score (nSPS) is 11.8. The van der Waals surface area contributed by atoms with E-state index in [0.29, 0.717) is 13.0 Å². The number of carbonyl (C=O) groups excluding carboxylic acids is 1. The highest BCUT2D eigenvalue weighted by molar-refractivity contribution is 6.07. The van der Waals surface area contributed by atoms with Crippen LogP contribution in [0.2, 0.25) is 0 Å². The van der Waals surface area contributed by atoms with E-state index in [1.807, 2.05) is 6.07 Å². The molecule has 0 atom stereocenters. The summed E-state index contributed by atoms with van der Waals surface area (Å²) in [6, 6.07) is 17.0. The van der Waals surface area contributed by atoms with Gasteiger partial charge in [0.1, 0.15) is 11.3 Å². The summed E-state index contributed by atoms with van der Waals surface area (Å²) in [5.74, 6) is 2.10. The third-order valence-corrected chi connectivity index (χ3v) is 8.02. The number of pyridine rings is 1. The van der Waals surface area contributed by atoms with Gasteiger partial charge in [-0.25, -0.2) is 9.97 Å². The van der Waals surface area contributed by atoms with Crippen molar-refractivity contribution < 1.29 is 4.79 Å². The van der Waals surface area contributed by atoms with E-state index < -0.39 is 0 Å². The van der Waals surface area contributed by atoms with Crippen molar-refractivity contribution >= 4 is 33.7 Å². The maximum atomic E-state index is 12.4. The Morgan fingerprint density at radius 1 is 0.791 bits per heavy atom. The van der Waals surface area contributed by atoms with Gasteiger partial charge in [0, 0.05) is 36.9 Å². The summed E-state index contributed by atoms with van der Waals surface area (Å²) in [6.45, 7) is 12.3. The molecule has 2 heterocycles. The third-order valence-electron chi connectivity index (χ3n) is 8.02. The molecule has 2 N–H and O–H groups in total. The molecular weight excluding hydrogens is 530 g/mol. The highest BCUT2D eigenvalue weighted by Crippen LogP contribution is 2.32. The van der Waals surface area contributed by atoms with Crippen LogP contribution in [0.25, 0.3) is 21.9 Å². The Bertz CT molecular complexity index is 1450. The minimum atomic E-state index is -0.130. The zero-order valence-electron chi connectivity index (χ0n) is 27.3. The summed E-state index contributed by atoms with van der Waals surface area (Å²) < 4.78 is 2.39. The van der Waals surface area contributed by atoms with Crippen LogP contribution in [0.15, 0.2) is 48.5 Å². The maximum Gasteiger partial charge on any atom is 0.220 e. The van der Waals surface area contributed by atoms with Crippen molar-refractivity contribution in [2.75, 3.05) is 5.32 Å². The first-order valence-electron chi connectivity index (χ1n) is 16.7. The first-order chi connectivity index (χ1) is 20.8. The summed E-state index contributed by atoms with van der Waals surface area (Å²) in [4.78, 5) is 22.6. The second-order valence-electron chi connectivity index (χ2n) is 13.1. The number of unbranched alkanes of at least 4 members (excludes halogenated alkanes) is 8. The molecule has 2 aromatic carbocycles. The van der Waals surface area contributed by atoms with Crippen LogP contribution in [-0.2, 0) is 24.3 Å². The zero-order valence-corrected chi connectivity index (χ0v) is 27.3. The van der Waals surface area contributed by atoms with Gasteiger partial charge >= 0.3 is 0 Å². The minimum Gasteiger partial charge on any atom is -0.364 e. The number of nitrogens with one attached hydrogen (secondary N) is 2. The number of rotatable bonds is 17. The van der Waals surface area contributed by atoms with E-state index in [0.717, 1.165) is 77.8 Å². The van der Waals surface area contributed by atoms with Gasteiger partial charge in [-0.05, 0) is 50.8 Å². The maximum absolute atomic E-state index is 12.4. The Balaban J connectivity index is 1.44. The largest absolute Gasteiger partial charge is 0.364 e. The summed E-state index contributed by atoms with van der Waals surface area (Å²) in [5.41, 5.74) is 5.27. The van der Waals surface area contributed by atoms with Gasteiger partial charge in [-0.2, -0.15) is 0 Å². The second kappa shape index (κ2) is 15.9. The van der Waals surface area contributed by atoms with Crippen LogP contribution in [0.1, 0.15) is 122 Å². The van der Waals surface area contributed by atoms with E-state index in [9.17, 15) is 4.79 Å². The molecule has 0 bridgehead atoms. The monoisotopic (exact) mass is 583 g/mol. The van der Waals surface area contributed by atoms with Crippen molar-refractivity contribution in [1.29, 1.82) is 0 Å². The molecule has 0 unspecified atom stereocenters. The number of benzene rings is 2. The molecule has 43 heavy (non-hydrogen) atoms. The lowest BCUT2D eigenvalue weighted by atomic mass is 10.1. The van der Waals surface area contributed by atoms with E-state index in [2.05, 4.69) is 92.3 Å². The Morgan fingerprint density at radius 2 is 1.44 bits per heavy atom. The number of amides is 1. The lowest BCUT2D eigenvalue weighted by Crippen LogP contribution is -2.26. The predicted molar refractivity (Wildman–Crippen MR) is 182 cm³/mol. The highest BCUT2D eigenvalue weighted by Gasteiger charge is 2.21. The molecule has 6 heteroatoms. The number of aryl methyl sites for hydroxylation is 1.